The van der Waals surface area contributed by atoms with Gasteiger partial charge in [0.1, 0.15) is 0 Å². The fourth-order valence-corrected chi connectivity index (χ4v) is 3.26. The van der Waals surface area contributed by atoms with E-state index in [0.717, 1.165) is 5.56 Å². The molecule has 0 spiro atoms. The van der Waals surface area contributed by atoms with Crippen LogP contribution in [0.4, 0.5) is 11.9 Å². The molecule has 0 radical (unpaired) electrons. The van der Waals surface area contributed by atoms with E-state index in [2.05, 4.69) is 15.2 Å². The Balaban J connectivity index is 1.56. The van der Waals surface area contributed by atoms with Crippen molar-refractivity contribution in [2.45, 2.75) is 12.5 Å². The van der Waals surface area contributed by atoms with Crippen molar-refractivity contribution >= 4 is 41.0 Å². The minimum atomic E-state index is -0.649. The average Bonchev–Trinajstić information content (AvgIpc) is 3.03. The molecule has 1 unspecified atom stereocenters. The lowest BCUT2D eigenvalue weighted by Gasteiger charge is -2.35. The molecule has 1 fully saturated rings. The highest BCUT2D eigenvalue weighted by atomic mass is 35.5. The maximum atomic E-state index is 12.6. The number of aromatic amines is 1. The highest BCUT2D eigenvalue weighted by molar-refractivity contribution is 6.35. The Morgan fingerprint density at radius 1 is 1.28 bits per heavy atom. The molecular weight excluding hydrogens is 365 g/mol. The number of aromatic nitrogens is 3. The average molecular weight is 384 g/mol. The number of halogens is 2. The van der Waals surface area contributed by atoms with E-state index in [0.29, 0.717) is 48.6 Å². The minimum Gasteiger partial charge on any atom is -0.368 e. The van der Waals surface area contributed by atoms with Gasteiger partial charge in [0.2, 0.25) is 17.8 Å². The van der Waals surface area contributed by atoms with E-state index in [9.17, 15) is 4.79 Å². The normalized spacial score (nSPS) is 16.1. The van der Waals surface area contributed by atoms with Gasteiger partial charge < -0.3 is 21.3 Å². The largest absolute Gasteiger partial charge is 0.368 e. The topological polar surface area (TPSA) is 117 Å². The summed E-state index contributed by atoms with van der Waals surface area (Å²) in [7, 11) is 0. The number of nitrogens with zero attached hydrogens (tertiary/aromatic N) is 4. The van der Waals surface area contributed by atoms with E-state index < -0.39 is 6.04 Å². The smallest absolute Gasteiger partial charge is 0.246 e. The Labute approximate surface area is 155 Å². The van der Waals surface area contributed by atoms with Crippen molar-refractivity contribution in [1.29, 1.82) is 0 Å². The number of hydrogen-bond donors (Lipinski definition) is 3. The first-order valence-corrected chi connectivity index (χ1v) is 8.61. The van der Waals surface area contributed by atoms with Crippen molar-refractivity contribution in [2.24, 2.45) is 5.73 Å². The summed E-state index contributed by atoms with van der Waals surface area (Å²) in [6.07, 6.45) is 0.368. The molecular formula is C15H19Cl2N7O. The molecule has 134 valence electrons. The number of nitrogens with one attached hydrogen (secondary N) is 1. The van der Waals surface area contributed by atoms with Crippen LogP contribution < -0.4 is 16.4 Å². The molecule has 1 saturated heterocycles. The molecule has 0 bridgehead atoms. The Morgan fingerprint density at radius 3 is 2.60 bits per heavy atom. The van der Waals surface area contributed by atoms with Gasteiger partial charge in [-0.15, -0.1) is 5.10 Å². The van der Waals surface area contributed by atoms with Crippen LogP contribution in [-0.2, 0) is 11.2 Å². The zero-order valence-electron chi connectivity index (χ0n) is 13.5. The number of nitrogens with two attached hydrogens (primary N) is 2. The molecule has 1 amide bonds. The predicted molar refractivity (Wildman–Crippen MR) is 97.7 cm³/mol. The first kappa shape index (κ1) is 17.8. The van der Waals surface area contributed by atoms with Crippen molar-refractivity contribution in [3.05, 3.63) is 33.8 Å². The number of hydrogen-bond acceptors (Lipinski definition) is 6. The highest BCUT2D eigenvalue weighted by Gasteiger charge is 2.27. The summed E-state index contributed by atoms with van der Waals surface area (Å²) >= 11 is 12.0. The standard InChI is InChI=1S/C15H19Cl2N7O/c16-10-2-1-9(11(17)8-10)7-12(18)13(25)23-3-5-24(6-4-23)15-20-14(19)21-22-15/h1-2,8,12H,3-7,18H2,(H3,19,20,21,22). The summed E-state index contributed by atoms with van der Waals surface area (Å²) in [4.78, 5) is 20.4. The molecule has 1 aromatic heterocycles. The van der Waals surface area contributed by atoms with Crippen LogP contribution in [-0.4, -0.2) is 58.2 Å². The van der Waals surface area contributed by atoms with Crippen molar-refractivity contribution in [1.82, 2.24) is 20.1 Å². The molecule has 1 aliphatic rings. The van der Waals surface area contributed by atoms with Crippen molar-refractivity contribution < 1.29 is 4.79 Å². The predicted octanol–water partition coefficient (Wildman–Crippen LogP) is 0.912. The molecule has 1 aliphatic heterocycles. The van der Waals surface area contributed by atoms with E-state index in [1.807, 2.05) is 4.90 Å². The van der Waals surface area contributed by atoms with Crippen molar-refractivity contribution in [2.75, 3.05) is 36.8 Å². The number of carbonyl (C=O) groups excluding carboxylic acids is 1. The van der Waals surface area contributed by atoms with Gasteiger partial charge >= 0.3 is 0 Å². The SMILES string of the molecule is Nc1nc(N2CCN(C(=O)C(N)Cc3ccc(Cl)cc3Cl)CC2)n[nH]1. The van der Waals surface area contributed by atoms with Crippen LogP contribution in [0, 0.1) is 0 Å². The van der Waals surface area contributed by atoms with Gasteiger partial charge in [0, 0.05) is 36.2 Å². The summed E-state index contributed by atoms with van der Waals surface area (Å²) in [5, 5.41) is 7.71. The zero-order valence-corrected chi connectivity index (χ0v) is 15.0. The van der Waals surface area contributed by atoms with E-state index in [1.54, 1.807) is 23.1 Å². The van der Waals surface area contributed by atoms with Crippen molar-refractivity contribution in [3.8, 4) is 0 Å². The number of anilines is 2. The highest BCUT2D eigenvalue weighted by Crippen LogP contribution is 2.22. The molecule has 2 heterocycles. The maximum Gasteiger partial charge on any atom is 0.246 e. The molecule has 3 rings (SSSR count). The first-order valence-electron chi connectivity index (χ1n) is 7.85. The van der Waals surface area contributed by atoms with Crippen LogP contribution >= 0.6 is 23.2 Å². The van der Waals surface area contributed by atoms with E-state index >= 15 is 0 Å². The van der Waals surface area contributed by atoms with Gasteiger partial charge in [0.15, 0.2) is 0 Å². The minimum absolute atomic E-state index is 0.0971. The second-order valence-electron chi connectivity index (χ2n) is 5.88. The lowest BCUT2D eigenvalue weighted by Crippen LogP contribution is -2.54. The number of amides is 1. The molecule has 0 aliphatic carbocycles. The van der Waals surface area contributed by atoms with E-state index in [4.69, 9.17) is 34.7 Å². The van der Waals surface area contributed by atoms with Gasteiger partial charge in [0.05, 0.1) is 6.04 Å². The number of rotatable bonds is 4. The number of nitrogen functional groups attached to an aromatic ring is 1. The van der Waals surface area contributed by atoms with E-state index in [1.165, 1.54) is 0 Å². The molecule has 0 saturated carbocycles. The molecule has 1 aromatic carbocycles. The number of benzene rings is 1. The monoisotopic (exact) mass is 383 g/mol. The summed E-state index contributed by atoms with van der Waals surface area (Å²) in [6.45, 7) is 2.35. The van der Waals surface area contributed by atoms with Gasteiger partial charge in [-0.3, -0.25) is 4.79 Å². The molecule has 2 aromatic rings. The molecule has 5 N–H and O–H groups in total. The lowest BCUT2D eigenvalue weighted by atomic mass is 10.1. The summed E-state index contributed by atoms with van der Waals surface area (Å²) < 4.78 is 0. The van der Waals surface area contributed by atoms with Crippen LogP contribution in [0.1, 0.15) is 5.56 Å². The third-order valence-electron chi connectivity index (χ3n) is 4.14. The Bertz CT molecular complexity index is 758. The third kappa shape index (κ3) is 4.15. The lowest BCUT2D eigenvalue weighted by molar-refractivity contribution is -0.132. The fraction of sp³-hybridized carbons (Fsp3) is 0.400. The number of H-pyrrole nitrogens is 1. The Morgan fingerprint density at radius 2 is 2.00 bits per heavy atom. The Hall–Kier alpha value is -2.03. The van der Waals surface area contributed by atoms with Crippen LogP contribution in [0.25, 0.3) is 0 Å². The van der Waals surface area contributed by atoms with Gasteiger partial charge in [-0.25, -0.2) is 5.10 Å². The number of carbonyl (C=O) groups is 1. The van der Waals surface area contributed by atoms with Gasteiger partial charge in [-0.2, -0.15) is 4.98 Å². The molecule has 25 heavy (non-hydrogen) atoms. The van der Waals surface area contributed by atoms with E-state index in [-0.39, 0.29) is 11.9 Å². The van der Waals surface area contributed by atoms with Crippen molar-refractivity contribution in [3.63, 3.8) is 0 Å². The summed E-state index contributed by atoms with van der Waals surface area (Å²) in [5.74, 6) is 0.720. The van der Waals surface area contributed by atoms with Crippen LogP contribution in [0.5, 0.6) is 0 Å². The zero-order chi connectivity index (χ0) is 18.0. The second kappa shape index (κ2) is 7.47. The fourth-order valence-electron chi connectivity index (χ4n) is 2.78. The molecule has 10 heteroatoms. The summed E-state index contributed by atoms with van der Waals surface area (Å²) in [5.41, 5.74) is 12.4. The Kier molecular flexibility index (Phi) is 5.31. The van der Waals surface area contributed by atoms with Gasteiger partial charge in [-0.1, -0.05) is 29.3 Å². The maximum absolute atomic E-state index is 12.6. The van der Waals surface area contributed by atoms with Gasteiger partial charge in [-0.05, 0) is 24.1 Å². The third-order valence-corrected chi connectivity index (χ3v) is 4.72. The van der Waals surface area contributed by atoms with Gasteiger partial charge in [0.25, 0.3) is 0 Å². The summed E-state index contributed by atoms with van der Waals surface area (Å²) in [6, 6.07) is 4.53. The van der Waals surface area contributed by atoms with Crippen LogP contribution in [0.3, 0.4) is 0 Å². The van der Waals surface area contributed by atoms with Crippen LogP contribution in [0.15, 0.2) is 18.2 Å². The molecule has 8 nitrogen and oxygen atoms in total. The first-order chi connectivity index (χ1) is 11.9. The number of piperazine rings is 1. The second-order valence-corrected chi connectivity index (χ2v) is 6.72. The molecule has 1 atom stereocenters. The quantitative estimate of drug-likeness (QED) is 0.722. The van der Waals surface area contributed by atoms with Crippen LogP contribution in [0.2, 0.25) is 10.0 Å².